The van der Waals surface area contributed by atoms with Crippen LogP contribution < -0.4 is 9.64 Å². The minimum absolute atomic E-state index is 0.0101. The van der Waals surface area contributed by atoms with Gasteiger partial charge in [-0.1, -0.05) is 18.2 Å². The quantitative estimate of drug-likeness (QED) is 0.692. The van der Waals surface area contributed by atoms with Gasteiger partial charge in [0.2, 0.25) is 0 Å². The van der Waals surface area contributed by atoms with E-state index in [-0.39, 0.29) is 18.1 Å². The fourth-order valence-electron chi connectivity index (χ4n) is 3.12. The summed E-state index contributed by atoms with van der Waals surface area (Å²) in [4.78, 5) is 28.2. The van der Waals surface area contributed by atoms with Gasteiger partial charge in [-0.2, -0.15) is 11.8 Å². The van der Waals surface area contributed by atoms with Crippen LogP contribution in [0.3, 0.4) is 0 Å². The van der Waals surface area contributed by atoms with Gasteiger partial charge in [-0.3, -0.25) is 4.90 Å². The molecule has 0 spiro atoms. The SMILES string of the molecule is COC(=O)c1ccc(CN(C(=O)N2CCSCC2)c2ccccc2OC)c(F)c1. The molecule has 0 atom stereocenters. The monoisotopic (exact) mass is 418 g/mol. The number of carbonyl (C=O) groups excluding carboxylic acids is 2. The van der Waals surface area contributed by atoms with Crippen molar-refractivity contribution in [3.8, 4) is 5.75 Å². The molecule has 1 heterocycles. The Morgan fingerprint density at radius 3 is 2.52 bits per heavy atom. The molecule has 1 saturated heterocycles. The second-order valence-electron chi connectivity index (χ2n) is 6.44. The molecule has 2 amide bonds. The fraction of sp³-hybridized carbons (Fsp3) is 0.333. The Hall–Kier alpha value is -2.74. The molecule has 0 aromatic heterocycles. The number of ether oxygens (including phenoxy) is 2. The second-order valence-corrected chi connectivity index (χ2v) is 7.66. The molecule has 0 saturated carbocycles. The molecule has 2 aromatic carbocycles. The predicted octanol–water partition coefficient (Wildman–Crippen LogP) is 3.80. The molecule has 0 bridgehead atoms. The Balaban J connectivity index is 1.95. The number of benzene rings is 2. The number of hydrogen-bond acceptors (Lipinski definition) is 5. The van der Waals surface area contributed by atoms with Crippen LogP contribution >= 0.6 is 11.8 Å². The summed E-state index contributed by atoms with van der Waals surface area (Å²) in [5.41, 5.74) is 0.981. The lowest BCUT2D eigenvalue weighted by Crippen LogP contribution is -2.46. The van der Waals surface area contributed by atoms with Gasteiger partial charge in [0.15, 0.2) is 0 Å². The van der Waals surface area contributed by atoms with Crippen molar-refractivity contribution in [1.82, 2.24) is 4.90 Å². The molecule has 0 radical (unpaired) electrons. The van der Waals surface area contributed by atoms with Crippen LogP contribution in [0.1, 0.15) is 15.9 Å². The molecule has 1 aliphatic heterocycles. The summed E-state index contributed by atoms with van der Waals surface area (Å²) >= 11 is 1.80. The minimum atomic E-state index is -0.612. The van der Waals surface area contributed by atoms with Crippen LogP contribution in [0, 0.1) is 5.82 Å². The van der Waals surface area contributed by atoms with Crippen molar-refractivity contribution in [3.63, 3.8) is 0 Å². The summed E-state index contributed by atoms with van der Waals surface area (Å²) in [5.74, 6) is 1.08. The van der Waals surface area contributed by atoms with Crippen molar-refractivity contribution >= 4 is 29.4 Å². The highest BCUT2D eigenvalue weighted by Gasteiger charge is 2.27. The van der Waals surface area contributed by atoms with Crippen LogP contribution in [0.25, 0.3) is 0 Å². The van der Waals surface area contributed by atoms with E-state index in [1.165, 1.54) is 31.3 Å². The number of anilines is 1. The molecule has 0 aliphatic carbocycles. The number of halogens is 1. The molecule has 1 aliphatic rings. The summed E-state index contributed by atoms with van der Waals surface area (Å²) in [7, 11) is 2.78. The number of hydrogen-bond donors (Lipinski definition) is 0. The van der Waals surface area contributed by atoms with Crippen LogP contribution in [0.15, 0.2) is 42.5 Å². The third kappa shape index (κ3) is 4.82. The normalized spacial score (nSPS) is 13.7. The number of thioether (sulfide) groups is 1. The van der Waals surface area contributed by atoms with Gasteiger partial charge >= 0.3 is 12.0 Å². The third-order valence-corrected chi connectivity index (χ3v) is 5.63. The van der Waals surface area contributed by atoms with Crippen LogP contribution in [-0.2, 0) is 11.3 Å². The lowest BCUT2D eigenvalue weighted by Gasteiger charge is -2.33. The standard InChI is InChI=1S/C21H23FN2O4S/c1-27-19-6-4-3-5-18(19)24(21(26)23-9-11-29-12-10-23)14-16-8-7-15(13-17(16)22)20(25)28-2/h3-8,13H,9-12,14H2,1-2H3. The van der Waals surface area contributed by atoms with E-state index in [0.29, 0.717) is 30.1 Å². The van der Waals surface area contributed by atoms with Crippen molar-refractivity contribution in [2.75, 3.05) is 43.7 Å². The molecule has 8 heteroatoms. The first-order valence-corrected chi connectivity index (χ1v) is 10.3. The maximum absolute atomic E-state index is 14.7. The first-order valence-electron chi connectivity index (χ1n) is 9.19. The molecule has 29 heavy (non-hydrogen) atoms. The summed E-state index contributed by atoms with van der Waals surface area (Å²) in [5, 5.41) is 0. The molecular weight excluding hydrogens is 395 g/mol. The molecule has 2 aromatic rings. The van der Waals surface area contributed by atoms with Crippen LogP contribution in [0.4, 0.5) is 14.9 Å². The van der Waals surface area contributed by atoms with Crippen molar-refractivity contribution in [2.45, 2.75) is 6.54 Å². The maximum Gasteiger partial charge on any atom is 0.337 e. The average molecular weight is 418 g/mol. The zero-order valence-electron chi connectivity index (χ0n) is 16.4. The zero-order valence-corrected chi connectivity index (χ0v) is 17.2. The number of para-hydroxylation sites is 2. The van der Waals surface area contributed by atoms with Crippen LogP contribution in [-0.4, -0.2) is 55.7 Å². The van der Waals surface area contributed by atoms with Gasteiger partial charge in [0.25, 0.3) is 0 Å². The lowest BCUT2D eigenvalue weighted by atomic mass is 10.1. The van der Waals surface area contributed by atoms with E-state index in [4.69, 9.17) is 4.74 Å². The summed E-state index contributed by atoms with van der Waals surface area (Å²) in [6.07, 6.45) is 0. The van der Waals surface area contributed by atoms with Gasteiger partial charge in [0.05, 0.1) is 32.0 Å². The minimum Gasteiger partial charge on any atom is -0.495 e. The number of carbonyl (C=O) groups is 2. The lowest BCUT2D eigenvalue weighted by molar-refractivity contribution is 0.0600. The summed E-state index contributed by atoms with van der Waals surface area (Å²) < 4.78 is 24.8. The smallest absolute Gasteiger partial charge is 0.337 e. The predicted molar refractivity (Wildman–Crippen MR) is 111 cm³/mol. The topological polar surface area (TPSA) is 59.1 Å². The van der Waals surface area contributed by atoms with Gasteiger partial charge in [-0.05, 0) is 24.3 Å². The Morgan fingerprint density at radius 2 is 1.86 bits per heavy atom. The average Bonchev–Trinajstić information content (AvgIpc) is 2.77. The highest BCUT2D eigenvalue weighted by atomic mass is 32.2. The van der Waals surface area contributed by atoms with Crippen LogP contribution in [0.2, 0.25) is 0 Å². The number of rotatable bonds is 5. The summed E-state index contributed by atoms with van der Waals surface area (Å²) in [6.45, 7) is 1.29. The molecule has 0 unspecified atom stereocenters. The van der Waals surface area contributed by atoms with Crippen LogP contribution in [0.5, 0.6) is 5.75 Å². The van der Waals surface area contributed by atoms with E-state index >= 15 is 0 Å². The Morgan fingerprint density at radius 1 is 1.14 bits per heavy atom. The highest BCUT2D eigenvalue weighted by Crippen LogP contribution is 2.31. The molecule has 1 fully saturated rings. The second kappa shape index (κ2) is 9.65. The fourth-order valence-corrected chi connectivity index (χ4v) is 4.03. The highest BCUT2D eigenvalue weighted by molar-refractivity contribution is 7.99. The molecule has 0 N–H and O–H groups in total. The van der Waals surface area contributed by atoms with Crippen molar-refractivity contribution in [1.29, 1.82) is 0 Å². The van der Waals surface area contributed by atoms with Crippen molar-refractivity contribution < 1.29 is 23.5 Å². The van der Waals surface area contributed by atoms with Crippen molar-refractivity contribution in [2.24, 2.45) is 0 Å². The molecule has 3 rings (SSSR count). The zero-order chi connectivity index (χ0) is 20.8. The molecular formula is C21H23FN2O4S. The maximum atomic E-state index is 14.7. The number of esters is 1. The Kier molecular flexibility index (Phi) is 6.98. The van der Waals surface area contributed by atoms with Gasteiger partial charge < -0.3 is 14.4 Å². The number of urea groups is 1. The number of nitrogens with zero attached hydrogens (tertiary/aromatic N) is 2. The largest absolute Gasteiger partial charge is 0.495 e. The Bertz CT molecular complexity index is 887. The van der Waals surface area contributed by atoms with E-state index in [1.807, 2.05) is 6.07 Å². The van der Waals surface area contributed by atoms with Gasteiger partial charge in [0, 0.05) is 30.2 Å². The van der Waals surface area contributed by atoms with E-state index < -0.39 is 11.8 Å². The van der Waals surface area contributed by atoms with E-state index in [2.05, 4.69) is 4.74 Å². The third-order valence-electron chi connectivity index (χ3n) is 4.69. The molecule has 6 nitrogen and oxygen atoms in total. The van der Waals surface area contributed by atoms with Gasteiger partial charge in [0.1, 0.15) is 11.6 Å². The first-order chi connectivity index (χ1) is 14.0. The summed E-state index contributed by atoms with van der Waals surface area (Å²) in [6, 6.07) is 11.1. The van der Waals surface area contributed by atoms with E-state index in [9.17, 15) is 14.0 Å². The number of methoxy groups -OCH3 is 2. The van der Waals surface area contributed by atoms with E-state index in [1.54, 1.807) is 34.9 Å². The Labute approximate surface area is 173 Å². The van der Waals surface area contributed by atoms with E-state index in [0.717, 1.165) is 17.6 Å². The number of amides is 2. The first kappa shape index (κ1) is 21.0. The van der Waals surface area contributed by atoms with Crippen molar-refractivity contribution in [3.05, 3.63) is 59.4 Å². The molecule has 154 valence electrons. The van der Waals surface area contributed by atoms with Gasteiger partial charge in [-0.15, -0.1) is 0 Å². The van der Waals surface area contributed by atoms with Gasteiger partial charge in [-0.25, -0.2) is 14.0 Å².